The molecule has 228 valence electrons. The van der Waals surface area contributed by atoms with Gasteiger partial charge in [0.05, 0.1) is 30.7 Å². The summed E-state index contributed by atoms with van der Waals surface area (Å²) >= 11 is 0. The lowest BCUT2D eigenvalue weighted by molar-refractivity contribution is -0.192. The second-order valence-corrected chi connectivity index (χ2v) is 10.2. The van der Waals surface area contributed by atoms with Crippen LogP contribution in [-0.4, -0.2) is 83.9 Å². The zero-order valence-corrected chi connectivity index (χ0v) is 22.7. The zero-order chi connectivity index (χ0) is 31.4. The fourth-order valence-corrected chi connectivity index (χ4v) is 5.03. The van der Waals surface area contributed by atoms with Crippen LogP contribution in [0.5, 0.6) is 5.88 Å². The fraction of sp³-hybridized carbons (Fsp3) is 0.250. The van der Waals surface area contributed by atoms with Crippen LogP contribution in [0, 0.1) is 11.6 Å². The number of hydrogen-bond donors (Lipinski definition) is 3. The molecule has 13 nitrogen and oxygen atoms in total. The quantitative estimate of drug-likeness (QED) is 0.267. The van der Waals surface area contributed by atoms with E-state index in [1.165, 1.54) is 25.7 Å². The van der Waals surface area contributed by atoms with Crippen molar-refractivity contribution in [3.05, 3.63) is 54.8 Å². The van der Waals surface area contributed by atoms with Gasteiger partial charge in [0.15, 0.2) is 22.3 Å². The van der Waals surface area contributed by atoms with Crippen molar-refractivity contribution < 1.29 is 45.0 Å². The van der Waals surface area contributed by atoms with Gasteiger partial charge in [0.25, 0.3) is 10.0 Å². The molecule has 0 aliphatic carbocycles. The van der Waals surface area contributed by atoms with Crippen molar-refractivity contribution >= 4 is 38.5 Å². The first-order valence-electron chi connectivity index (χ1n) is 12.1. The molecule has 1 aliphatic rings. The number of hydrogen-bond acceptors (Lipinski definition) is 11. The Labute approximate surface area is 239 Å². The summed E-state index contributed by atoms with van der Waals surface area (Å²) < 4.78 is 92.9. The number of methoxy groups -OCH3 is 1. The van der Waals surface area contributed by atoms with Crippen LogP contribution in [0.1, 0.15) is 0 Å². The first kappa shape index (κ1) is 31.2. The van der Waals surface area contributed by atoms with Gasteiger partial charge in [-0.05, 0) is 18.2 Å². The lowest BCUT2D eigenvalue weighted by Gasteiger charge is -2.28. The van der Waals surface area contributed by atoms with Crippen molar-refractivity contribution in [2.24, 2.45) is 0 Å². The van der Waals surface area contributed by atoms with Crippen LogP contribution in [0.25, 0.3) is 22.3 Å². The third kappa shape index (κ3) is 7.17. The van der Waals surface area contributed by atoms with E-state index in [1.807, 2.05) is 0 Å². The number of rotatable bonds is 6. The molecule has 5 heterocycles. The minimum absolute atomic E-state index is 0.0946. The molecule has 0 aromatic carbocycles. The second-order valence-electron chi connectivity index (χ2n) is 8.62. The number of nitrogens with zero attached hydrogens (tertiary/aromatic N) is 6. The van der Waals surface area contributed by atoms with Gasteiger partial charge >= 0.3 is 12.1 Å². The highest BCUT2D eigenvalue weighted by Crippen LogP contribution is 2.32. The Morgan fingerprint density at radius 1 is 1.07 bits per heavy atom. The number of pyridine rings is 3. The van der Waals surface area contributed by atoms with E-state index < -0.39 is 38.7 Å². The average molecular weight is 629 g/mol. The molecule has 1 aliphatic heterocycles. The first-order chi connectivity index (χ1) is 20.3. The molecule has 1 saturated heterocycles. The molecule has 19 heteroatoms. The minimum Gasteiger partial charge on any atom is -0.480 e. The molecule has 4 aromatic heterocycles. The minimum atomic E-state index is -5.08. The maximum atomic E-state index is 14.1. The van der Waals surface area contributed by atoms with E-state index in [9.17, 15) is 30.4 Å². The number of alkyl halides is 3. The van der Waals surface area contributed by atoms with Crippen molar-refractivity contribution in [2.75, 3.05) is 42.9 Å². The number of carbonyl (C=O) groups is 1. The first-order valence-corrected chi connectivity index (χ1v) is 13.5. The van der Waals surface area contributed by atoms with Gasteiger partial charge in [-0.25, -0.2) is 41.9 Å². The highest BCUT2D eigenvalue weighted by Gasteiger charge is 2.38. The monoisotopic (exact) mass is 628 g/mol. The van der Waals surface area contributed by atoms with Crippen LogP contribution in [0.4, 0.5) is 33.5 Å². The maximum Gasteiger partial charge on any atom is 0.490 e. The molecule has 0 bridgehead atoms. The summed E-state index contributed by atoms with van der Waals surface area (Å²) in [4.78, 5) is 30.8. The van der Waals surface area contributed by atoms with Gasteiger partial charge in [0, 0.05) is 37.9 Å². The summed E-state index contributed by atoms with van der Waals surface area (Å²) in [7, 11) is -3.38. The second kappa shape index (κ2) is 12.6. The van der Waals surface area contributed by atoms with Crippen LogP contribution in [-0.2, 0) is 14.8 Å². The van der Waals surface area contributed by atoms with Crippen LogP contribution in [0.2, 0.25) is 0 Å². The summed E-state index contributed by atoms with van der Waals surface area (Å²) in [5, 5.41) is 10.4. The summed E-state index contributed by atoms with van der Waals surface area (Å²) in [5.74, 6) is -4.82. The topological polar surface area (TPSA) is 172 Å². The summed E-state index contributed by atoms with van der Waals surface area (Å²) in [6.45, 7) is 3.15. The van der Waals surface area contributed by atoms with E-state index in [-0.39, 0.29) is 11.6 Å². The number of carboxylic acid groups (broad SMARTS) is 1. The van der Waals surface area contributed by atoms with Crippen molar-refractivity contribution in [3.63, 3.8) is 0 Å². The smallest absolute Gasteiger partial charge is 0.480 e. The SMILES string of the molecule is COc1ncc(-c2ccc3ncnc(N4CCNCC4)c3n2)cc1NS(=O)(=O)c1c(F)cncc1F.O=C(O)C(F)(F)F. The predicted octanol–water partition coefficient (Wildman–Crippen LogP) is 2.61. The van der Waals surface area contributed by atoms with Gasteiger partial charge in [-0.1, -0.05) is 0 Å². The third-order valence-corrected chi connectivity index (χ3v) is 7.20. The van der Waals surface area contributed by atoms with Crippen molar-refractivity contribution in [2.45, 2.75) is 11.1 Å². The normalized spacial score (nSPS) is 13.7. The number of anilines is 2. The predicted molar refractivity (Wildman–Crippen MR) is 141 cm³/mol. The largest absolute Gasteiger partial charge is 0.490 e. The maximum absolute atomic E-state index is 14.1. The summed E-state index contributed by atoms with van der Waals surface area (Å²) in [6.07, 6.45) is -0.922. The molecule has 1 fully saturated rings. The van der Waals surface area contributed by atoms with E-state index in [2.05, 4.69) is 34.9 Å². The van der Waals surface area contributed by atoms with E-state index in [0.29, 0.717) is 40.5 Å². The Morgan fingerprint density at radius 2 is 1.72 bits per heavy atom. The van der Waals surface area contributed by atoms with Crippen LogP contribution in [0.3, 0.4) is 0 Å². The molecule has 3 N–H and O–H groups in total. The van der Waals surface area contributed by atoms with E-state index in [1.54, 1.807) is 12.1 Å². The van der Waals surface area contributed by atoms with Crippen LogP contribution in [0.15, 0.2) is 48.0 Å². The summed E-state index contributed by atoms with van der Waals surface area (Å²) in [5.41, 5.74) is 2.00. The Bertz CT molecular complexity index is 1730. The number of nitrogens with one attached hydrogen (secondary N) is 2. The fourth-order valence-electron chi connectivity index (χ4n) is 3.88. The third-order valence-electron chi connectivity index (χ3n) is 5.78. The average Bonchev–Trinajstić information content (AvgIpc) is 2.96. The molecule has 0 spiro atoms. The van der Waals surface area contributed by atoms with Crippen molar-refractivity contribution in [1.29, 1.82) is 0 Å². The van der Waals surface area contributed by atoms with Gasteiger partial charge in [0.1, 0.15) is 17.5 Å². The van der Waals surface area contributed by atoms with E-state index >= 15 is 0 Å². The number of aromatic nitrogens is 5. The Balaban J connectivity index is 0.000000541. The number of piperazine rings is 1. The Kier molecular flexibility index (Phi) is 9.14. The number of aliphatic carboxylic acids is 1. The number of ether oxygens (including phenoxy) is 1. The van der Waals surface area contributed by atoms with Gasteiger partial charge in [-0.2, -0.15) is 13.2 Å². The van der Waals surface area contributed by atoms with Crippen LogP contribution >= 0.6 is 0 Å². The molecular weight excluding hydrogens is 607 g/mol. The standard InChI is InChI=1S/C22H20F2N8O3S.C2HF3O2/c1-35-22-18(31-36(33,34)20-14(23)10-26-11-15(20)24)8-13(9-27-22)16-2-3-17-19(30-16)21(29-12-28-17)32-6-4-25-5-7-32;3-2(4,5)1(6)7/h2-3,8-12,25,31H,4-7H2,1H3;(H,6,7). The number of fused-ring (bicyclic) bond motifs is 1. The number of sulfonamides is 1. The molecule has 0 amide bonds. The highest BCUT2D eigenvalue weighted by molar-refractivity contribution is 7.92. The molecule has 0 unspecified atom stereocenters. The Morgan fingerprint density at radius 3 is 2.33 bits per heavy atom. The lowest BCUT2D eigenvalue weighted by atomic mass is 10.1. The molecule has 43 heavy (non-hydrogen) atoms. The molecule has 5 rings (SSSR count). The highest BCUT2D eigenvalue weighted by atomic mass is 32.2. The van der Waals surface area contributed by atoms with E-state index in [4.69, 9.17) is 19.6 Å². The van der Waals surface area contributed by atoms with E-state index in [0.717, 1.165) is 26.2 Å². The Hall–Kier alpha value is -4.78. The molecule has 0 atom stereocenters. The molecule has 0 saturated carbocycles. The molecule has 4 aromatic rings. The van der Waals surface area contributed by atoms with Crippen LogP contribution < -0.4 is 19.7 Å². The van der Waals surface area contributed by atoms with Gasteiger partial charge in [0.2, 0.25) is 5.88 Å². The van der Waals surface area contributed by atoms with Crippen molar-refractivity contribution in [1.82, 2.24) is 30.2 Å². The molecular formula is C24H21F5N8O5S. The number of halogens is 5. The zero-order valence-electron chi connectivity index (χ0n) is 21.9. The summed E-state index contributed by atoms with van der Waals surface area (Å²) in [6, 6.07) is 4.91. The molecule has 0 radical (unpaired) electrons. The van der Waals surface area contributed by atoms with Gasteiger partial charge < -0.3 is 20.1 Å². The van der Waals surface area contributed by atoms with Gasteiger partial charge in [-0.3, -0.25) is 9.71 Å². The lowest BCUT2D eigenvalue weighted by Crippen LogP contribution is -2.44. The number of carboxylic acids is 1. The van der Waals surface area contributed by atoms with Gasteiger partial charge in [-0.15, -0.1) is 0 Å². The van der Waals surface area contributed by atoms with Crippen molar-refractivity contribution in [3.8, 4) is 17.1 Å².